The Morgan fingerprint density at radius 3 is 0.875 bits per heavy atom. The van der Waals surface area contributed by atoms with Crippen molar-refractivity contribution in [1.29, 1.82) is 0 Å². The molecule has 0 saturated heterocycles. The normalized spacial score (nSPS) is 11.4. The van der Waals surface area contributed by atoms with E-state index >= 15 is 0 Å². The van der Waals surface area contributed by atoms with Gasteiger partial charge in [0.2, 0.25) is 0 Å². The van der Waals surface area contributed by atoms with E-state index in [0.29, 0.717) is 5.41 Å². The highest BCUT2D eigenvalue weighted by Gasteiger charge is 2.15. The van der Waals surface area contributed by atoms with Crippen LogP contribution in [0, 0.1) is 23.2 Å². The Balaban J connectivity index is -0.000000187. The van der Waals surface area contributed by atoms with Crippen molar-refractivity contribution in [2.24, 2.45) is 23.2 Å². The van der Waals surface area contributed by atoms with Gasteiger partial charge in [-0.2, -0.15) is 0 Å². The molecule has 0 N–H and O–H groups in total. The molecule has 2 heteroatoms. The van der Waals surface area contributed by atoms with Crippen molar-refractivity contribution in [1.82, 2.24) is 9.80 Å². The highest BCUT2D eigenvalue weighted by molar-refractivity contribution is 4.67. The van der Waals surface area contributed by atoms with Crippen LogP contribution >= 0.6 is 0 Å². The zero-order valence-electron chi connectivity index (χ0n) is 24.6. The van der Waals surface area contributed by atoms with Crippen molar-refractivity contribution < 1.29 is 0 Å². The van der Waals surface area contributed by atoms with Crippen LogP contribution in [0.15, 0.2) is 0 Å². The van der Waals surface area contributed by atoms with Gasteiger partial charge in [0.25, 0.3) is 0 Å². The summed E-state index contributed by atoms with van der Waals surface area (Å²) in [5.74, 6) is 2.37. The molecule has 0 radical (unpaired) electrons. The Bertz CT molecular complexity index is 285. The Morgan fingerprint density at radius 1 is 0.500 bits per heavy atom. The van der Waals surface area contributed by atoms with Gasteiger partial charge < -0.3 is 9.80 Å². The van der Waals surface area contributed by atoms with Gasteiger partial charge in [0.1, 0.15) is 0 Å². The van der Waals surface area contributed by atoms with Crippen LogP contribution in [0.1, 0.15) is 136 Å². The molecule has 2 nitrogen and oxygen atoms in total. The van der Waals surface area contributed by atoms with Crippen LogP contribution in [-0.4, -0.2) is 49.1 Å². The monoisotopic (exact) mass is 459 g/mol. The second-order valence-electron chi connectivity index (χ2n) is 11.1. The van der Waals surface area contributed by atoms with Crippen LogP contribution in [0.25, 0.3) is 0 Å². The molecule has 32 heavy (non-hydrogen) atoms. The summed E-state index contributed by atoms with van der Waals surface area (Å²) in [6.45, 7) is 37.3. The first-order valence-corrected chi connectivity index (χ1v) is 13.9. The molecule has 0 aromatic carbocycles. The van der Waals surface area contributed by atoms with Crippen molar-refractivity contribution in [2.75, 3.05) is 39.3 Å². The van der Waals surface area contributed by atoms with Gasteiger partial charge in [-0.25, -0.2) is 0 Å². The predicted molar refractivity (Wildman–Crippen MR) is 154 cm³/mol. The maximum Gasteiger partial charge on any atom is 0.000461 e. The highest BCUT2D eigenvalue weighted by atomic mass is 15.1. The first-order valence-electron chi connectivity index (χ1n) is 13.9. The lowest BCUT2D eigenvalue weighted by molar-refractivity contribution is 0.198. The first kappa shape index (κ1) is 39.1. The minimum Gasteiger partial charge on any atom is -0.303 e. The van der Waals surface area contributed by atoms with E-state index in [9.17, 15) is 0 Å². The Hall–Kier alpha value is -0.0800. The average Bonchev–Trinajstić information content (AvgIpc) is 2.67. The van der Waals surface area contributed by atoms with Crippen molar-refractivity contribution in [3.63, 3.8) is 0 Å². The molecule has 0 heterocycles. The lowest BCUT2D eigenvalue weighted by Crippen LogP contribution is -2.34. The quantitative estimate of drug-likeness (QED) is 0.241. The summed E-state index contributed by atoms with van der Waals surface area (Å²) < 4.78 is 0. The Kier molecular flexibility index (Phi) is 31.2. The fourth-order valence-corrected chi connectivity index (χ4v) is 3.81. The van der Waals surface area contributed by atoms with Crippen LogP contribution < -0.4 is 0 Å². The zero-order chi connectivity index (χ0) is 24.9. The summed E-state index contributed by atoms with van der Waals surface area (Å²) in [6, 6.07) is 0. The van der Waals surface area contributed by atoms with E-state index in [4.69, 9.17) is 0 Å². The fourth-order valence-electron chi connectivity index (χ4n) is 3.81. The lowest BCUT2D eigenvalue weighted by atomic mass is 9.82. The first-order chi connectivity index (χ1) is 14.4. The predicted octanol–water partition coefficient (Wildman–Crippen LogP) is 9.63. The molecule has 0 fully saturated rings. The standard InChI is InChI=1S/C12H27N.C9H21N.C8H18.CH4/c1-10(2)7-13(8-11(3)4)9-12(5)6;1-4-7-10(8-5-2)9-6-3;1-5-8(4,6-2)7-3;/h10-12H,7-9H2,1-6H3;4-9H2,1-3H3;5-7H2,1-4H3;1H4. The molecule has 0 spiro atoms. The third-order valence-corrected chi connectivity index (χ3v) is 6.05. The maximum atomic E-state index is 2.60. The van der Waals surface area contributed by atoms with Gasteiger partial charge in [0.15, 0.2) is 0 Å². The summed E-state index contributed by atoms with van der Waals surface area (Å²) in [5, 5.41) is 0. The molecule has 0 aliphatic carbocycles. The van der Waals surface area contributed by atoms with E-state index in [1.165, 1.54) is 77.8 Å². The van der Waals surface area contributed by atoms with E-state index in [-0.39, 0.29) is 7.43 Å². The number of hydrogen-bond donors (Lipinski definition) is 0. The van der Waals surface area contributed by atoms with E-state index in [1.807, 2.05) is 0 Å². The van der Waals surface area contributed by atoms with Gasteiger partial charge in [-0.3, -0.25) is 0 Å². The Labute approximate surface area is 208 Å². The minimum atomic E-state index is 0. The molecule has 0 aliphatic heterocycles. The van der Waals surface area contributed by atoms with Crippen LogP contribution in [0.4, 0.5) is 0 Å². The lowest BCUT2D eigenvalue weighted by Gasteiger charge is -2.27. The van der Waals surface area contributed by atoms with Crippen LogP contribution in [0.5, 0.6) is 0 Å². The van der Waals surface area contributed by atoms with Crippen LogP contribution in [0.3, 0.4) is 0 Å². The third-order valence-electron chi connectivity index (χ3n) is 6.05. The summed E-state index contributed by atoms with van der Waals surface area (Å²) >= 11 is 0. The second kappa shape index (κ2) is 25.5. The zero-order valence-corrected chi connectivity index (χ0v) is 24.6. The number of rotatable bonds is 15. The third kappa shape index (κ3) is 28.0. The van der Waals surface area contributed by atoms with Gasteiger partial charge in [-0.1, -0.05) is 117 Å². The van der Waals surface area contributed by atoms with E-state index < -0.39 is 0 Å². The van der Waals surface area contributed by atoms with Gasteiger partial charge in [0.05, 0.1) is 0 Å². The molecule has 0 bridgehead atoms. The maximum absolute atomic E-state index is 2.60. The summed E-state index contributed by atoms with van der Waals surface area (Å²) in [7, 11) is 0. The molecule has 0 aliphatic rings. The summed E-state index contributed by atoms with van der Waals surface area (Å²) in [4.78, 5) is 5.14. The van der Waals surface area contributed by atoms with Crippen molar-refractivity contribution in [3.05, 3.63) is 0 Å². The van der Waals surface area contributed by atoms with E-state index in [0.717, 1.165) is 17.8 Å². The van der Waals surface area contributed by atoms with Gasteiger partial charge in [0, 0.05) is 19.6 Å². The fraction of sp³-hybridized carbons (Fsp3) is 1.00. The number of hydrogen-bond acceptors (Lipinski definition) is 2. The highest BCUT2D eigenvalue weighted by Crippen LogP contribution is 2.28. The molecule has 200 valence electrons. The van der Waals surface area contributed by atoms with Gasteiger partial charge in [-0.05, 0) is 62.1 Å². The van der Waals surface area contributed by atoms with Gasteiger partial charge in [-0.15, -0.1) is 0 Å². The minimum absolute atomic E-state index is 0. The molecule has 0 saturated carbocycles. The molecule has 0 amide bonds. The van der Waals surface area contributed by atoms with Gasteiger partial charge >= 0.3 is 0 Å². The molecular formula is C30H70N2. The summed E-state index contributed by atoms with van der Waals surface area (Å²) in [6.07, 6.45) is 7.83. The smallest absolute Gasteiger partial charge is 0.000461 e. The molecule has 0 atom stereocenters. The molecule has 0 rings (SSSR count). The molecule has 0 aromatic heterocycles. The molecule has 0 aromatic rings. The topological polar surface area (TPSA) is 6.48 Å². The molecular weight excluding hydrogens is 388 g/mol. The van der Waals surface area contributed by atoms with Crippen LogP contribution in [-0.2, 0) is 0 Å². The van der Waals surface area contributed by atoms with E-state index in [2.05, 4.69) is 99.8 Å². The summed E-state index contributed by atoms with van der Waals surface area (Å²) in [5.41, 5.74) is 0.625. The average molecular weight is 459 g/mol. The van der Waals surface area contributed by atoms with Crippen molar-refractivity contribution >= 4 is 0 Å². The van der Waals surface area contributed by atoms with Crippen LogP contribution in [0.2, 0.25) is 0 Å². The SMILES string of the molecule is C.CC(C)CN(CC(C)C)CC(C)C.CCC(C)(CC)CC.CCCN(CCC)CCC. The number of nitrogens with zero attached hydrogens (tertiary/aromatic N) is 2. The van der Waals surface area contributed by atoms with E-state index in [1.54, 1.807) is 0 Å². The van der Waals surface area contributed by atoms with Crippen molar-refractivity contribution in [2.45, 2.75) is 136 Å². The van der Waals surface area contributed by atoms with Crippen molar-refractivity contribution in [3.8, 4) is 0 Å². The largest absolute Gasteiger partial charge is 0.303 e. The molecule has 0 unspecified atom stereocenters. The Morgan fingerprint density at radius 2 is 0.750 bits per heavy atom. The second-order valence-corrected chi connectivity index (χ2v) is 11.1.